The summed E-state index contributed by atoms with van der Waals surface area (Å²) >= 11 is 31.8. The largest absolute Gasteiger partial charge is 0.127 e. The van der Waals surface area contributed by atoms with E-state index in [0.717, 1.165) is 0 Å². The average Bonchev–Trinajstić information content (AvgIpc) is 2.05. The molecule has 0 aliphatic carbocycles. The zero-order valence-corrected chi connectivity index (χ0v) is 11.1. The third-order valence-corrected chi connectivity index (χ3v) is 2.52. The lowest BCUT2D eigenvalue weighted by Crippen LogP contribution is -1.73. The summed E-state index contributed by atoms with van der Waals surface area (Å²) in [6.07, 6.45) is 0. The minimum atomic E-state index is -0.175. The van der Waals surface area contributed by atoms with Gasteiger partial charge in [-0.05, 0) is 0 Å². The Balaban J connectivity index is 0. The van der Waals surface area contributed by atoms with Crippen molar-refractivity contribution in [3.8, 4) is 0 Å². The molecule has 8 heteroatoms. The summed E-state index contributed by atoms with van der Waals surface area (Å²) in [5, 5.41) is -0.130. The van der Waals surface area contributed by atoms with Gasteiger partial charge in [-0.2, -0.15) is 0 Å². The number of halogens is 8. The van der Waals surface area contributed by atoms with E-state index in [0.29, 0.717) is 0 Å². The Morgan fingerprint density at radius 1 is 0.500 bits per heavy atom. The first-order valence-corrected chi connectivity index (χ1v) is 5.44. The van der Waals surface area contributed by atoms with Crippen LogP contribution in [-0.4, -0.2) is 0 Å². The average molecular weight is 332 g/mol. The molecule has 0 unspecified atom stereocenters. The molecule has 0 nitrogen and oxygen atoms in total. The Hall–Kier alpha value is 1.80. The third-order valence-electron chi connectivity index (χ3n) is 0.525. The molecular weight excluding hydrogens is 332 g/mol. The molecule has 0 aromatic rings. The van der Waals surface area contributed by atoms with Crippen LogP contribution in [0.4, 0.5) is 0 Å². The Morgan fingerprint density at radius 2 is 0.667 bits per heavy atom. The second kappa shape index (κ2) is 9.36. The minimum absolute atomic E-state index is 0.0648. The van der Waals surface area contributed by atoms with Crippen LogP contribution in [0.15, 0.2) is 19.0 Å². The number of hydrogen-bond acceptors (Lipinski definition) is 0. The Bertz CT molecular complexity index is 161. The smallest absolute Gasteiger partial charge is 0.0800 e. The van der Waals surface area contributed by atoms with E-state index in [1.165, 1.54) is 0 Å². The molecule has 0 heterocycles. The fourth-order valence-corrected chi connectivity index (χ4v) is 0.926. The molecule has 0 aliphatic rings. The van der Waals surface area contributed by atoms with E-state index in [4.69, 9.17) is 69.6 Å². The number of rotatable bonds is 1. The Kier molecular flexibility index (Phi) is 12.7. The van der Waals surface area contributed by atoms with Crippen LogP contribution >= 0.6 is 91.3 Å². The number of hydrogen-bond donors (Lipinski definition) is 0. The summed E-state index contributed by atoms with van der Waals surface area (Å²) in [6, 6.07) is 0. The zero-order valence-electron chi connectivity index (χ0n) is 5.02. The van der Waals surface area contributed by atoms with Crippen molar-refractivity contribution >= 4 is 91.3 Å². The van der Waals surface area contributed by atoms with Crippen LogP contribution in [0.25, 0.3) is 0 Å². The highest BCUT2D eigenvalue weighted by molar-refractivity contribution is 6.85. The van der Waals surface area contributed by atoms with Gasteiger partial charge in [0.15, 0.2) is 0 Å². The lowest BCUT2D eigenvalue weighted by Gasteiger charge is -1.94. The molecule has 0 fully saturated rings. The summed E-state index contributed by atoms with van der Waals surface area (Å²) in [5.74, 6) is 0. The maximum absolute atomic E-state index is 5.42. The van der Waals surface area contributed by atoms with Gasteiger partial charge in [-0.15, -0.1) is 0 Å². The zero-order chi connectivity index (χ0) is 10.3. The molecule has 0 saturated carbocycles. The summed E-state index contributed by atoms with van der Waals surface area (Å²) in [6.45, 7) is 0. The predicted molar refractivity (Wildman–Crippen MR) is 60.9 cm³/mol. The van der Waals surface area contributed by atoms with Crippen LogP contribution in [0.3, 0.4) is 0 Å². The van der Waals surface area contributed by atoms with Gasteiger partial charge in [0, 0.05) is 21.7 Å². The van der Waals surface area contributed by atoms with Gasteiger partial charge in [-0.1, -0.05) is 69.6 Å². The van der Waals surface area contributed by atoms with Crippen molar-refractivity contribution in [1.82, 2.24) is 0 Å². The maximum Gasteiger partial charge on any atom is 0.127 e. The summed E-state index contributed by atoms with van der Waals surface area (Å²) in [5.41, 5.74) is 0. The van der Waals surface area contributed by atoms with E-state index < -0.39 is 0 Å². The fraction of sp³-hybridized carbons (Fsp3) is 0. The maximum atomic E-state index is 5.42. The van der Waals surface area contributed by atoms with E-state index in [9.17, 15) is 0 Å². The molecule has 0 aromatic carbocycles. The van der Waals surface area contributed by atoms with Crippen molar-refractivity contribution in [1.29, 1.82) is 0 Å². The molecule has 0 bridgehead atoms. The van der Waals surface area contributed by atoms with Crippen molar-refractivity contribution in [3.05, 3.63) is 19.0 Å². The molecule has 0 rings (SSSR count). The van der Waals surface area contributed by atoms with Crippen LogP contribution in [0.5, 0.6) is 0 Å². The first kappa shape index (κ1) is 16.2. The van der Waals surface area contributed by atoms with Gasteiger partial charge in [-0.25, -0.2) is 0 Å². The molecular formula is C4Cl8. The van der Waals surface area contributed by atoms with E-state index in [-0.39, 0.29) is 19.0 Å². The number of allylic oxidation sites excluding steroid dienone is 2. The quantitative estimate of drug-likeness (QED) is 0.506. The predicted octanol–water partition coefficient (Wildman–Crippen LogP) is 6.14. The molecule has 0 amide bonds. The molecule has 12 heavy (non-hydrogen) atoms. The summed E-state index contributed by atoms with van der Waals surface area (Å²) < 4.78 is -0.351. The molecule has 0 saturated heterocycles. The van der Waals surface area contributed by atoms with Gasteiger partial charge in [0.25, 0.3) is 0 Å². The Morgan fingerprint density at radius 3 is 0.750 bits per heavy atom. The second-order valence-corrected chi connectivity index (χ2v) is 3.80. The standard InChI is InChI=1S/C4Cl6.Cl2/c5-1(3(7)8)2(6)4(9)10;1-2. The van der Waals surface area contributed by atoms with Crippen molar-refractivity contribution < 1.29 is 0 Å². The fourth-order valence-electron chi connectivity index (χ4n) is 0.166. The summed E-state index contributed by atoms with van der Waals surface area (Å²) in [4.78, 5) is 0. The van der Waals surface area contributed by atoms with Crippen LogP contribution in [-0.2, 0) is 0 Å². The normalized spacial score (nSPS) is 8.00. The van der Waals surface area contributed by atoms with Crippen LogP contribution < -0.4 is 0 Å². The summed E-state index contributed by atoms with van der Waals surface area (Å²) in [7, 11) is 8.22. The first-order valence-electron chi connectivity index (χ1n) is 2.03. The highest BCUT2D eigenvalue weighted by Gasteiger charge is 2.07. The monoisotopic (exact) mass is 328 g/mol. The molecule has 0 aliphatic heterocycles. The van der Waals surface area contributed by atoms with Gasteiger partial charge >= 0.3 is 0 Å². The molecule has 0 radical (unpaired) electrons. The highest BCUT2D eigenvalue weighted by Crippen LogP contribution is 2.32. The van der Waals surface area contributed by atoms with E-state index in [2.05, 4.69) is 21.7 Å². The highest BCUT2D eigenvalue weighted by atomic mass is 36.5. The van der Waals surface area contributed by atoms with Crippen LogP contribution in [0.1, 0.15) is 0 Å². The molecule has 0 atom stereocenters. The Labute approximate surface area is 109 Å². The van der Waals surface area contributed by atoms with Crippen molar-refractivity contribution in [2.45, 2.75) is 0 Å². The van der Waals surface area contributed by atoms with Crippen LogP contribution in [0, 0.1) is 0 Å². The van der Waals surface area contributed by atoms with E-state index in [1.54, 1.807) is 0 Å². The van der Waals surface area contributed by atoms with Gasteiger partial charge in [0.05, 0.1) is 10.1 Å². The van der Waals surface area contributed by atoms with Gasteiger partial charge in [0.1, 0.15) is 8.98 Å². The van der Waals surface area contributed by atoms with Crippen LogP contribution in [0.2, 0.25) is 0 Å². The lowest BCUT2D eigenvalue weighted by atomic mass is 10.6. The second-order valence-electron chi connectivity index (χ2n) is 1.15. The topological polar surface area (TPSA) is 0 Å². The molecule has 72 valence electrons. The molecule has 0 aromatic heterocycles. The SMILES string of the molecule is ClC(Cl)=C(Cl)C(Cl)=C(Cl)Cl.ClCl. The molecule has 0 N–H and O–H groups in total. The van der Waals surface area contributed by atoms with Gasteiger partial charge in [0.2, 0.25) is 0 Å². The van der Waals surface area contributed by atoms with Gasteiger partial charge < -0.3 is 0 Å². The first-order chi connectivity index (χ1) is 5.46. The van der Waals surface area contributed by atoms with E-state index in [1.807, 2.05) is 0 Å². The van der Waals surface area contributed by atoms with Gasteiger partial charge in [-0.3, -0.25) is 0 Å². The van der Waals surface area contributed by atoms with Crippen molar-refractivity contribution in [2.24, 2.45) is 0 Å². The van der Waals surface area contributed by atoms with Crippen molar-refractivity contribution in [2.75, 3.05) is 0 Å². The van der Waals surface area contributed by atoms with E-state index >= 15 is 0 Å². The minimum Gasteiger partial charge on any atom is -0.0800 e. The third kappa shape index (κ3) is 7.23. The van der Waals surface area contributed by atoms with Crippen molar-refractivity contribution in [3.63, 3.8) is 0 Å². The lowest BCUT2D eigenvalue weighted by molar-refractivity contribution is 1.84. The molecule has 0 spiro atoms.